The second kappa shape index (κ2) is 8.06. The quantitative estimate of drug-likeness (QED) is 0.476. The van der Waals surface area contributed by atoms with Crippen LogP contribution in [0.1, 0.15) is 46.0 Å². The number of hydrogen-bond donors (Lipinski definition) is 2. The summed E-state index contributed by atoms with van der Waals surface area (Å²) in [4.78, 5) is 21.4. The fourth-order valence-electron chi connectivity index (χ4n) is 1.14. The number of aliphatic carboxylic acids is 1. The summed E-state index contributed by atoms with van der Waals surface area (Å²) < 4.78 is 4.99. The van der Waals surface area contributed by atoms with E-state index in [9.17, 15) is 9.59 Å². The summed E-state index contributed by atoms with van der Waals surface area (Å²) in [7, 11) is 0. The molecule has 0 aromatic rings. The third-order valence-electron chi connectivity index (χ3n) is 2.49. The first-order chi connectivity index (χ1) is 7.87. The Morgan fingerprint density at radius 3 is 2.29 bits per heavy atom. The van der Waals surface area contributed by atoms with E-state index in [1.54, 1.807) is 0 Å². The summed E-state index contributed by atoms with van der Waals surface area (Å²) in [5, 5.41) is 17.4. The Labute approximate surface area is 102 Å². The number of esters is 1. The molecule has 0 spiro atoms. The number of carbonyl (C=O) groups excluding carboxylic acids is 1. The molecule has 0 saturated carbocycles. The van der Waals surface area contributed by atoms with Crippen LogP contribution in [0.5, 0.6) is 0 Å². The van der Waals surface area contributed by atoms with Gasteiger partial charge in [0.2, 0.25) is 0 Å². The zero-order chi connectivity index (χ0) is 13.3. The molecule has 0 aliphatic carbocycles. The van der Waals surface area contributed by atoms with Crippen LogP contribution in [-0.2, 0) is 14.3 Å². The summed E-state index contributed by atoms with van der Waals surface area (Å²) in [5.41, 5.74) is -0.233. The van der Waals surface area contributed by atoms with Crippen LogP contribution in [0.25, 0.3) is 0 Å². The number of aliphatic hydroxyl groups is 1. The van der Waals surface area contributed by atoms with Crippen molar-refractivity contribution in [3.63, 3.8) is 0 Å². The number of aliphatic hydroxyl groups excluding tert-OH is 1. The Morgan fingerprint density at radius 1 is 1.18 bits per heavy atom. The lowest BCUT2D eigenvalue weighted by atomic mass is 9.91. The molecule has 0 aliphatic rings. The van der Waals surface area contributed by atoms with Crippen LogP contribution < -0.4 is 0 Å². The van der Waals surface area contributed by atoms with Gasteiger partial charge in [-0.05, 0) is 24.7 Å². The summed E-state index contributed by atoms with van der Waals surface area (Å²) >= 11 is 0. The molecule has 0 aromatic heterocycles. The van der Waals surface area contributed by atoms with Crippen molar-refractivity contribution >= 4 is 11.9 Å². The van der Waals surface area contributed by atoms with E-state index in [2.05, 4.69) is 0 Å². The first kappa shape index (κ1) is 15.9. The van der Waals surface area contributed by atoms with Crippen molar-refractivity contribution in [2.75, 3.05) is 13.2 Å². The standard InChI is InChI=1S/C12H22O5/c1-12(2,9-13)7-8-17-11(16)6-4-3-5-10(14)15/h13H,3-9H2,1-2H3,(H,14,15). The fraction of sp³-hybridized carbons (Fsp3) is 0.833. The molecular weight excluding hydrogens is 224 g/mol. The van der Waals surface area contributed by atoms with Crippen molar-refractivity contribution in [1.29, 1.82) is 0 Å². The van der Waals surface area contributed by atoms with Gasteiger partial charge in [0, 0.05) is 19.4 Å². The molecule has 0 aromatic carbocycles. The second-order valence-electron chi connectivity index (χ2n) is 4.89. The van der Waals surface area contributed by atoms with Crippen LogP contribution in [-0.4, -0.2) is 35.4 Å². The van der Waals surface area contributed by atoms with Gasteiger partial charge in [0.1, 0.15) is 0 Å². The maximum atomic E-state index is 11.2. The molecule has 100 valence electrons. The fourth-order valence-corrected chi connectivity index (χ4v) is 1.14. The van der Waals surface area contributed by atoms with Gasteiger partial charge in [-0.1, -0.05) is 13.8 Å². The predicted octanol–water partition coefficient (Wildman–Crippen LogP) is 1.58. The Hall–Kier alpha value is -1.10. The minimum Gasteiger partial charge on any atom is -0.481 e. The number of rotatable bonds is 9. The van der Waals surface area contributed by atoms with E-state index in [0.717, 1.165) is 0 Å². The smallest absolute Gasteiger partial charge is 0.305 e. The van der Waals surface area contributed by atoms with Crippen molar-refractivity contribution in [3.05, 3.63) is 0 Å². The first-order valence-electron chi connectivity index (χ1n) is 5.86. The molecule has 0 aliphatic heterocycles. The average Bonchev–Trinajstić information content (AvgIpc) is 2.24. The SMILES string of the molecule is CC(C)(CO)CCOC(=O)CCCCC(=O)O. The Balaban J connectivity index is 3.50. The minimum atomic E-state index is -0.844. The second-order valence-corrected chi connectivity index (χ2v) is 4.89. The molecule has 0 atom stereocenters. The van der Waals surface area contributed by atoms with Gasteiger partial charge in [-0.25, -0.2) is 0 Å². The number of carboxylic acid groups (broad SMARTS) is 1. The third-order valence-corrected chi connectivity index (χ3v) is 2.49. The number of hydrogen-bond acceptors (Lipinski definition) is 4. The lowest BCUT2D eigenvalue weighted by Crippen LogP contribution is -2.20. The summed E-state index contributed by atoms with van der Waals surface area (Å²) in [6.45, 7) is 4.15. The molecule has 0 amide bonds. The molecule has 5 heteroatoms. The topological polar surface area (TPSA) is 83.8 Å². The highest BCUT2D eigenvalue weighted by atomic mass is 16.5. The van der Waals surface area contributed by atoms with Crippen molar-refractivity contribution < 1.29 is 24.5 Å². The number of carbonyl (C=O) groups is 2. The molecule has 0 rings (SSSR count). The van der Waals surface area contributed by atoms with Gasteiger partial charge in [0.05, 0.1) is 6.61 Å². The van der Waals surface area contributed by atoms with E-state index >= 15 is 0 Å². The monoisotopic (exact) mass is 246 g/mol. The highest BCUT2D eigenvalue weighted by Gasteiger charge is 2.16. The van der Waals surface area contributed by atoms with E-state index < -0.39 is 5.97 Å². The lowest BCUT2D eigenvalue weighted by molar-refractivity contribution is -0.145. The predicted molar refractivity (Wildman–Crippen MR) is 62.5 cm³/mol. The molecule has 0 bridgehead atoms. The first-order valence-corrected chi connectivity index (χ1v) is 5.86. The van der Waals surface area contributed by atoms with E-state index in [-0.39, 0.29) is 30.8 Å². The van der Waals surface area contributed by atoms with Gasteiger partial charge < -0.3 is 14.9 Å². The van der Waals surface area contributed by atoms with Gasteiger partial charge in [-0.3, -0.25) is 9.59 Å². The average molecular weight is 246 g/mol. The molecule has 5 nitrogen and oxygen atoms in total. The van der Waals surface area contributed by atoms with Gasteiger partial charge in [0.25, 0.3) is 0 Å². The van der Waals surface area contributed by atoms with E-state index in [4.69, 9.17) is 14.9 Å². The highest BCUT2D eigenvalue weighted by Crippen LogP contribution is 2.18. The van der Waals surface area contributed by atoms with Gasteiger partial charge in [0.15, 0.2) is 0 Å². The summed E-state index contributed by atoms with van der Waals surface area (Å²) in [6.07, 6.45) is 1.99. The van der Waals surface area contributed by atoms with Crippen LogP contribution in [0.3, 0.4) is 0 Å². The maximum absolute atomic E-state index is 11.2. The Morgan fingerprint density at radius 2 is 1.76 bits per heavy atom. The molecule has 2 N–H and O–H groups in total. The van der Waals surface area contributed by atoms with Crippen molar-refractivity contribution in [2.24, 2.45) is 5.41 Å². The highest BCUT2D eigenvalue weighted by molar-refractivity contribution is 5.69. The van der Waals surface area contributed by atoms with Crippen LogP contribution in [0.2, 0.25) is 0 Å². The molecule has 0 unspecified atom stereocenters. The Bertz CT molecular complexity index is 247. The Kier molecular flexibility index (Phi) is 7.54. The van der Waals surface area contributed by atoms with Gasteiger partial charge >= 0.3 is 11.9 Å². The van der Waals surface area contributed by atoms with Crippen LogP contribution in [0, 0.1) is 5.41 Å². The number of carboxylic acids is 1. The zero-order valence-electron chi connectivity index (χ0n) is 10.6. The zero-order valence-corrected chi connectivity index (χ0v) is 10.6. The molecule has 0 heterocycles. The molecule has 0 saturated heterocycles. The van der Waals surface area contributed by atoms with E-state index in [0.29, 0.717) is 25.9 Å². The minimum absolute atomic E-state index is 0.0587. The molecule has 17 heavy (non-hydrogen) atoms. The molecule has 0 radical (unpaired) electrons. The largest absolute Gasteiger partial charge is 0.481 e. The van der Waals surface area contributed by atoms with E-state index in [1.165, 1.54) is 0 Å². The van der Waals surface area contributed by atoms with E-state index in [1.807, 2.05) is 13.8 Å². The van der Waals surface area contributed by atoms with Crippen LogP contribution in [0.15, 0.2) is 0 Å². The normalized spacial score (nSPS) is 11.2. The molecule has 0 fully saturated rings. The van der Waals surface area contributed by atoms with Crippen molar-refractivity contribution in [2.45, 2.75) is 46.0 Å². The van der Waals surface area contributed by atoms with Gasteiger partial charge in [-0.2, -0.15) is 0 Å². The van der Waals surface area contributed by atoms with Crippen LogP contribution in [0.4, 0.5) is 0 Å². The summed E-state index contributed by atoms with van der Waals surface area (Å²) in [6, 6.07) is 0. The van der Waals surface area contributed by atoms with Crippen molar-refractivity contribution in [3.8, 4) is 0 Å². The number of ether oxygens (including phenoxy) is 1. The lowest BCUT2D eigenvalue weighted by Gasteiger charge is -2.20. The third kappa shape index (κ3) is 9.81. The van der Waals surface area contributed by atoms with Crippen molar-refractivity contribution in [1.82, 2.24) is 0 Å². The van der Waals surface area contributed by atoms with Crippen LogP contribution >= 0.6 is 0 Å². The maximum Gasteiger partial charge on any atom is 0.305 e. The summed E-state index contributed by atoms with van der Waals surface area (Å²) in [5.74, 6) is -1.15. The molecular formula is C12H22O5. The number of unbranched alkanes of at least 4 members (excludes halogenated alkanes) is 1. The van der Waals surface area contributed by atoms with Gasteiger partial charge in [-0.15, -0.1) is 0 Å².